The molecular formula is C10H12O4. The highest BCUT2D eigenvalue weighted by molar-refractivity contribution is 5.67. The maximum absolute atomic E-state index is 10.5. The molecule has 1 aliphatic carbocycles. The molecular weight excluding hydrogens is 184 g/mol. The summed E-state index contributed by atoms with van der Waals surface area (Å²) in [4.78, 5) is 10.5. The van der Waals surface area contributed by atoms with E-state index in [0.717, 1.165) is 11.3 Å². The fourth-order valence-corrected chi connectivity index (χ4v) is 2.00. The molecule has 1 aromatic rings. The minimum atomic E-state index is -0.822. The van der Waals surface area contributed by atoms with Crippen molar-refractivity contribution in [1.29, 1.82) is 0 Å². The van der Waals surface area contributed by atoms with Crippen LogP contribution in [0.5, 0.6) is 0 Å². The van der Waals surface area contributed by atoms with Crippen molar-refractivity contribution >= 4 is 5.97 Å². The Labute approximate surface area is 81.2 Å². The maximum atomic E-state index is 10.5. The zero-order chi connectivity index (χ0) is 10.1. The van der Waals surface area contributed by atoms with Crippen LogP contribution in [0.4, 0.5) is 0 Å². The van der Waals surface area contributed by atoms with Gasteiger partial charge in [-0.3, -0.25) is 4.79 Å². The van der Waals surface area contributed by atoms with Gasteiger partial charge in [-0.25, -0.2) is 0 Å². The number of rotatable bonds is 2. The Morgan fingerprint density at radius 3 is 3.14 bits per heavy atom. The van der Waals surface area contributed by atoms with E-state index < -0.39 is 12.1 Å². The number of aliphatic carboxylic acids is 1. The van der Waals surface area contributed by atoms with Gasteiger partial charge in [-0.2, -0.15) is 0 Å². The van der Waals surface area contributed by atoms with Crippen LogP contribution in [-0.4, -0.2) is 16.2 Å². The van der Waals surface area contributed by atoms with Crippen molar-refractivity contribution in [2.45, 2.75) is 25.4 Å². The number of carbonyl (C=O) groups is 1. The van der Waals surface area contributed by atoms with E-state index in [4.69, 9.17) is 9.52 Å². The van der Waals surface area contributed by atoms with Crippen molar-refractivity contribution in [2.75, 3.05) is 0 Å². The maximum Gasteiger partial charge on any atom is 0.303 e. The summed E-state index contributed by atoms with van der Waals surface area (Å²) in [6, 6.07) is 1.75. The second kappa shape index (κ2) is 3.46. The molecule has 2 N–H and O–H groups in total. The zero-order valence-electron chi connectivity index (χ0n) is 7.64. The molecule has 1 heterocycles. The lowest BCUT2D eigenvalue weighted by molar-refractivity contribution is -0.138. The van der Waals surface area contributed by atoms with Crippen molar-refractivity contribution in [3.05, 3.63) is 23.7 Å². The number of carboxylic acid groups (broad SMARTS) is 1. The molecule has 0 saturated heterocycles. The second-order valence-electron chi connectivity index (χ2n) is 3.72. The van der Waals surface area contributed by atoms with Gasteiger partial charge in [-0.15, -0.1) is 0 Å². The highest BCUT2D eigenvalue weighted by atomic mass is 16.4. The van der Waals surface area contributed by atoms with Crippen LogP contribution in [0.25, 0.3) is 0 Å². The molecule has 14 heavy (non-hydrogen) atoms. The van der Waals surface area contributed by atoms with Crippen molar-refractivity contribution in [3.8, 4) is 0 Å². The Morgan fingerprint density at radius 2 is 2.43 bits per heavy atom. The number of carboxylic acids is 1. The molecule has 1 aromatic heterocycles. The van der Waals surface area contributed by atoms with E-state index in [0.29, 0.717) is 12.8 Å². The predicted molar refractivity (Wildman–Crippen MR) is 47.7 cm³/mol. The predicted octanol–water partition coefficient (Wildman–Crippen LogP) is 1.35. The average Bonchev–Trinajstić information content (AvgIpc) is 2.50. The number of aliphatic hydroxyl groups is 1. The summed E-state index contributed by atoms with van der Waals surface area (Å²) < 4.78 is 5.19. The molecule has 4 nitrogen and oxygen atoms in total. The third kappa shape index (κ3) is 1.65. The monoisotopic (exact) mass is 196 g/mol. The first-order valence-corrected chi connectivity index (χ1v) is 4.63. The first-order chi connectivity index (χ1) is 6.66. The van der Waals surface area contributed by atoms with E-state index in [1.807, 2.05) is 0 Å². The zero-order valence-corrected chi connectivity index (χ0v) is 7.64. The second-order valence-corrected chi connectivity index (χ2v) is 3.72. The van der Waals surface area contributed by atoms with Gasteiger partial charge < -0.3 is 14.6 Å². The molecule has 0 fully saturated rings. The van der Waals surface area contributed by atoms with E-state index >= 15 is 0 Å². The number of hydrogen-bond donors (Lipinski definition) is 2. The Hall–Kier alpha value is -1.29. The number of furan rings is 1. The topological polar surface area (TPSA) is 70.7 Å². The van der Waals surface area contributed by atoms with E-state index in [1.54, 1.807) is 6.07 Å². The minimum absolute atomic E-state index is 0.0128. The van der Waals surface area contributed by atoms with Gasteiger partial charge in [0.2, 0.25) is 0 Å². The molecule has 0 spiro atoms. The molecule has 2 rings (SSSR count). The van der Waals surface area contributed by atoms with E-state index in [1.165, 1.54) is 6.26 Å². The average molecular weight is 196 g/mol. The quantitative estimate of drug-likeness (QED) is 0.749. The Kier molecular flexibility index (Phi) is 2.29. The standard InChI is InChI=1S/C10H12O4/c11-8-3-6(5-10(12)13)4-9-7(8)1-2-14-9/h1-2,6,8,11H,3-5H2,(H,12,13). The van der Waals surface area contributed by atoms with Gasteiger partial charge >= 0.3 is 5.97 Å². The normalized spacial score (nSPS) is 25.8. The van der Waals surface area contributed by atoms with Gasteiger partial charge in [0, 0.05) is 18.4 Å². The third-order valence-electron chi connectivity index (χ3n) is 2.63. The molecule has 0 amide bonds. The highest BCUT2D eigenvalue weighted by Gasteiger charge is 2.28. The molecule has 4 heteroatoms. The lowest BCUT2D eigenvalue weighted by Gasteiger charge is -2.23. The molecule has 0 bridgehead atoms. The van der Waals surface area contributed by atoms with Crippen molar-refractivity contribution in [3.63, 3.8) is 0 Å². The first kappa shape index (κ1) is 9.27. The molecule has 0 aromatic carbocycles. The van der Waals surface area contributed by atoms with Gasteiger partial charge in [0.1, 0.15) is 5.76 Å². The summed E-state index contributed by atoms with van der Waals surface area (Å²) in [5, 5.41) is 18.3. The Bertz CT molecular complexity index is 342. The van der Waals surface area contributed by atoms with Crippen LogP contribution >= 0.6 is 0 Å². The van der Waals surface area contributed by atoms with Gasteiger partial charge in [0.15, 0.2) is 0 Å². The summed E-state index contributed by atoms with van der Waals surface area (Å²) in [7, 11) is 0. The van der Waals surface area contributed by atoms with Gasteiger partial charge in [-0.05, 0) is 18.4 Å². The fraction of sp³-hybridized carbons (Fsp3) is 0.500. The number of fused-ring (bicyclic) bond motifs is 1. The minimum Gasteiger partial charge on any atom is -0.481 e. The summed E-state index contributed by atoms with van der Waals surface area (Å²) in [5.74, 6) is -0.103. The summed E-state index contributed by atoms with van der Waals surface area (Å²) in [6.45, 7) is 0. The van der Waals surface area contributed by atoms with Crippen molar-refractivity contribution in [2.24, 2.45) is 5.92 Å². The summed E-state index contributed by atoms with van der Waals surface area (Å²) in [6.07, 6.45) is 2.19. The molecule has 0 radical (unpaired) electrons. The Balaban J connectivity index is 2.13. The van der Waals surface area contributed by atoms with Crippen LogP contribution in [0.2, 0.25) is 0 Å². The molecule has 0 saturated carbocycles. The van der Waals surface area contributed by atoms with E-state index in [2.05, 4.69) is 0 Å². The van der Waals surface area contributed by atoms with Crippen molar-refractivity contribution < 1.29 is 19.4 Å². The van der Waals surface area contributed by atoms with Gasteiger partial charge in [0.25, 0.3) is 0 Å². The molecule has 2 unspecified atom stereocenters. The SMILES string of the molecule is O=C(O)CC1Cc2occc2C(O)C1. The largest absolute Gasteiger partial charge is 0.481 e. The van der Waals surface area contributed by atoms with Crippen LogP contribution in [0.3, 0.4) is 0 Å². The van der Waals surface area contributed by atoms with Crippen molar-refractivity contribution in [1.82, 2.24) is 0 Å². The van der Waals surface area contributed by atoms with Crippen LogP contribution in [-0.2, 0) is 11.2 Å². The molecule has 2 atom stereocenters. The molecule has 76 valence electrons. The van der Waals surface area contributed by atoms with Crippen LogP contribution < -0.4 is 0 Å². The van der Waals surface area contributed by atoms with E-state index in [-0.39, 0.29) is 12.3 Å². The van der Waals surface area contributed by atoms with E-state index in [9.17, 15) is 9.90 Å². The Morgan fingerprint density at radius 1 is 1.64 bits per heavy atom. The van der Waals surface area contributed by atoms with Crippen LogP contribution in [0.1, 0.15) is 30.3 Å². The van der Waals surface area contributed by atoms with Gasteiger partial charge in [-0.1, -0.05) is 0 Å². The van der Waals surface area contributed by atoms with Crippen LogP contribution in [0, 0.1) is 5.92 Å². The van der Waals surface area contributed by atoms with Crippen LogP contribution in [0.15, 0.2) is 16.7 Å². The highest BCUT2D eigenvalue weighted by Crippen LogP contribution is 2.35. The fourth-order valence-electron chi connectivity index (χ4n) is 2.00. The lowest BCUT2D eigenvalue weighted by Crippen LogP contribution is -2.19. The number of aliphatic hydroxyl groups excluding tert-OH is 1. The molecule has 1 aliphatic rings. The first-order valence-electron chi connectivity index (χ1n) is 4.63. The summed E-state index contributed by atoms with van der Waals surface area (Å²) in [5.41, 5.74) is 0.812. The smallest absolute Gasteiger partial charge is 0.303 e. The lowest BCUT2D eigenvalue weighted by atomic mass is 9.84. The van der Waals surface area contributed by atoms with Gasteiger partial charge in [0.05, 0.1) is 12.4 Å². The summed E-state index contributed by atoms with van der Waals surface area (Å²) >= 11 is 0. The molecule has 0 aliphatic heterocycles. The number of hydrogen-bond acceptors (Lipinski definition) is 3. The third-order valence-corrected chi connectivity index (χ3v) is 2.63.